The second kappa shape index (κ2) is 10.2. The minimum absolute atomic E-state index is 0.135. The van der Waals surface area contributed by atoms with Crippen LogP contribution in [0.3, 0.4) is 0 Å². The van der Waals surface area contributed by atoms with Crippen molar-refractivity contribution in [3.8, 4) is 10.4 Å². The molecule has 0 unspecified atom stereocenters. The molecule has 8 nitrogen and oxygen atoms in total. The van der Waals surface area contributed by atoms with Gasteiger partial charge in [-0.1, -0.05) is 45.0 Å². The number of nitrogens with zero attached hydrogens (tertiary/aromatic N) is 2. The zero-order valence-electron chi connectivity index (χ0n) is 20.0. The van der Waals surface area contributed by atoms with E-state index >= 15 is 0 Å². The number of likely N-dealkylation sites (tertiary alicyclic amines) is 1. The van der Waals surface area contributed by atoms with E-state index in [1.807, 2.05) is 31.2 Å². The van der Waals surface area contributed by atoms with Gasteiger partial charge in [0.05, 0.1) is 22.6 Å². The summed E-state index contributed by atoms with van der Waals surface area (Å²) in [5, 5.41) is 15.4. The van der Waals surface area contributed by atoms with Gasteiger partial charge in [-0.25, -0.2) is 9.37 Å². The minimum Gasteiger partial charge on any atom is -0.388 e. The van der Waals surface area contributed by atoms with Crippen LogP contribution in [0.5, 0.6) is 0 Å². The molecule has 3 rings (SSSR count). The summed E-state index contributed by atoms with van der Waals surface area (Å²) in [6.07, 6.45) is -3.42. The monoisotopic (exact) mass is 490 g/mol. The number of aryl methyl sites for hydroxylation is 1. The topological polar surface area (TPSA) is 112 Å². The molecule has 2 heterocycles. The summed E-state index contributed by atoms with van der Waals surface area (Å²) in [5.74, 6) is -1.72. The second-order valence-corrected chi connectivity index (χ2v) is 10.5. The average Bonchev–Trinajstić information content (AvgIpc) is 3.32. The van der Waals surface area contributed by atoms with E-state index in [4.69, 9.17) is 0 Å². The van der Waals surface area contributed by atoms with E-state index in [-0.39, 0.29) is 13.1 Å². The molecular formula is C24H31FN4O4S. The Morgan fingerprint density at radius 3 is 2.44 bits per heavy atom. The lowest BCUT2D eigenvalue weighted by atomic mass is 9.85. The van der Waals surface area contributed by atoms with Gasteiger partial charge in [0, 0.05) is 13.5 Å². The summed E-state index contributed by atoms with van der Waals surface area (Å²) < 4.78 is 14.8. The summed E-state index contributed by atoms with van der Waals surface area (Å²) in [5.41, 5.74) is 3.86. The number of nitrogens with one attached hydrogen (secondary N) is 2. The molecule has 34 heavy (non-hydrogen) atoms. The van der Waals surface area contributed by atoms with Gasteiger partial charge in [-0.05, 0) is 23.5 Å². The number of aromatic nitrogens is 1. The highest BCUT2D eigenvalue weighted by atomic mass is 32.1. The van der Waals surface area contributed by atoms with Crippen LogP contribution in [0, 0.1) is 12.3 Å². The van der Waals surface area contributed by atoms with Crippen molar-refractivity contribution in [3.05, 3.63) is 41.0 Å². The van der Waals surface area contributed by atoms with Gasteiger partial charge in [-0.2, -0.15) is 0 Å². The standard InChI is InChI=1S/C24H31FN4O4S/c1-13-20(34-12-27-13)16-8-6-15(7-9-16)10-26-22(32)19-18(25)17(31)11-29(19)23(33)21(24(3,4)5)28-14(2)30/h6-9,12,17-19,21,31H,10-11H2,1-5H3,(H,26,32)(H,28,30)/t17-,18-,19-,21+/m0/s1. The van der Waals surface area contributed by atoms with Crippen LogP contribution in [0.15, 0.2) is 29.8 Å². The number of hydrogen-bond acceptors (Lipinski definition) is 6. The van der Waals surface area contributed by atoms with Crippen molar-refractivity contribution in [2.24, 2.45) is 5.41 Å². The Hall–Kier alpha value is -2.85. The Balaban J connectivity index is 1.72. The largest absolute Gasteiger partial charge is 0.388 e. The molecule has 3 N–H and O–H groups in total. The van der Waals surface area contributed by atoms with Gasteiger partial charge >= 0.3 is 0 Å². The molecule has 4 atom stereocenters. The van der Waals surface area contributed by atoms with Crippen molar-refractivity contribution in [2.45, 2.75) is 65.5 Å². The van der Waals surface area contributed by atoms with E-state index in [0.717, 1.165) is 26.6 Å². The van der Waals surface area contributed by atoms with Crippen LogP contribution in [-0.2, 0) is 20.9 Å². The second-order valence-electron chi connectivity index (χ2n) is 9.63. The Bertz CT molecular complexity index is 1050. The number of thiazole rings is 1. The first kappa shape index (κ1) is 25.8. The molecule has 1 aromatic carbocycles. The van der Waals surface area contributed by atoms with Crippen LogP contribution in [0.1, 0.15) is 39.0 Å². The molecular weight excluding hydrogens is 459 g/mol. The molecule has 0 bridgehead atoms. The Morgan fingerprint density at radius 1 is 1.26 bits per heavy atom. The molecule has 0 spiro atoms. The predicted octanol–water partition coefficient (Wildman–Crippen LogP) is 2.20. The summed E-state index contributed by atoms with van der Waals surface area (Å²) in [4.78, 5) is 44.2. The molecule has 10 heteroatoms. The third-order valence-electron chi connectivity index (χ3n) is 5.83. The maximum atomic E-state index is 14.8. The summed E-state index contributed by atoms with van der Waals surface area (Å²) in [7, 11) is 0. The molecule has 1 aliphatic heterocycles. The first-order valence-electron chi connectivity index (χ1n) is 11.1. The number of alkyl halides is 1. The van der Waals surface area contributed by atoms with Crippen molar-refractivity contribution in [1.82, 2.24) is 20.5 Å². The lowest BCUT2D eigenvalue weighted by Gasteiger charge is -2.35. The maximum absolute atomic E-state index is 14.8. The van der Waals surface area contributed by atoms with Crippen molar-refractivity contribution >= 4 is 29.1 Å². The smallest absolute Gasteiger partial charge is 0.246 e. The molecule has 1 fully saturated rings. The number of carbonyl (C=O) groups excluding carboxylic acids is 3. The van der Waals surface area contributed by atoms with E-state index in [9.17, 15) is 23.9 Å². The molecule has 2 aromatic rings. The Kier molecular flexibility index (Phi) is 7.72. The van der Waals surface area contributed by atoms with E-state index in [2.05, 4.69) is 15.6 Å². The Labute approximate surface area is 202 Å². The number of aliphatic hydroxyl groups excluding tert-OH is 1. The van der Waals surface area contributed by atoms with E-state index in [1.54, 1.807) is 37.6 Å². The van der Waals surface area contributed by atoms with Crippen molar-refractivity contribution in [3.63, 3.8) is 0 Å². The predicted molar refractivity (Wildman–Crippen MR) is 128 cm³/mol. The number of amides is 3. The zero-order chi connectivity index (χ0) is 25.2. The molecule has 1 aliphatic rings. The molecule has 0 saturated carbocycles. The number of aliphatic hydroxyl groups is 1. The quantitative estimate of drug-likeness (QED) is 0.575. The number of benzene rings is 1. The highest BCUT2D eigenvalue weighted by molar-refractivity contribution is 7.13. The summed E-state index contributed by atoms with van der Waals surface area (Å²) in [6.45, 7) is 8.32. The Morgan fingerprint density at radius 2 is 1.91 bits per heavy atom. The van der Waals surface area contributed by atoms with Gasteiger partial charge in [0.2, 0.25) is 17.7 Å². The van der Waals surface area contributed by atoms with Gasteiger partial charge in [-0.3, -0.25) is 14.4 Å². The molecule has 0 aliphatic carbocycles. The molecule has 3 amide bonds. The van der Waals surface area contributed by atoms with Gasteiger partial charge in [0.15, 0.2) is 6.17 Å². The van der Waals surface area contributed by atoms with E-state index < -0.39 is 47.5 Å². The van der Waals surface area contributed by atoms with Gasteiger partial charge in [-0.15, -0.1) is 11.3 Å². The van der Waals surface area contributed by atoms with Crippen LogP contribution in [0.4, 0.5) is 4.39 Å². The van der Waals surface area contributed by atoms with Crippen LogP contribution in [0.2, 0.25) is 0 Å². The molecule has 1 saturated heterocycles. The van der Waals surface area contributed by atoms with Gasteiger partial charge in [0.1, 0.15) is 18.2 Å². The first-order chi connectivity index (χ1) is 15.9. The van der Waals surface area contributed by atoms with Crippen LogP contribution in [-0.4, -0.2) is 63.6 Å². The molecule has 0 radical (unpaired) electrons. The fourth-order valence-electron chi connectivity index (χ4n) is 3.98. The van der Waals surface area contributed by atoms with Gasteiger partial charge in [0.25, 0.3) is 0 Å². The summed E-state index contributed by atoms with van der Waals surface area (Å²) in [6, 6.07) is 5.12. The average molecular weight is 491 g/mol. The maximum Gasteiger partial charge on any atom is 0.246 e. The third kappa shape index (κ3) is 5.61. The lowest BCUT2D eigenvalue weighted by molar-refractivity contribution is -0.144. The van der Waals surface area contributed by atoms with Crippen LogP contribution < -0.4 is 10.6 Å². The van der Waals surface area contributed by atoms with Gasteiger partial charge < -0.3 is 20.6 Å². The highest BCUT2D eigenvalue weighted by Crippen LogP contribution is 2.29. The number of carbonyl (C=O) groups is 3. The van der Waals surface area contributed by atoms with Crippen LogP contribution >= 0.6 is 11.3 Å². The number of hydrogen-bond donors (Lipinski definition) is 3. The van der Waals surface area contributed by atoms with E-state index in [0.29, 0.717) is 0 Å². The number of β-amino-alcohol motifs (C(OH)–C–C–N with tert-alkyl or cyclic N) is 1. The first-order valence-corrected chi connectivity index (χ1v) is 11.9. The summed E-state index contributed by atoms with van der Waals surface area (Å²) >= 11 is 1.54. The highest BCUT2D eigenvalue weighted by Gasteiger charge is 2.50. The molecule has 1 aromatic heterocycles. The normalized spacial score (nSPS) is 21.3. The van der Waals surface area contributed by atoms with E-state index in [1.165, 1.54) is 6.92 Å². The SMILES string of the molecule is CC(=O)N[C@H](C(=O)N1C[C@H](O)[C@H](F)[C@H]1C(=O)NCc1ccc(-c2scnc2C)cc1)C(C)(C)C. The van der Waals surface area contributed by atoms with Crippen LogP contribution in [0.25, 0.3) is 10.4 Å². The fraction of sp³-hybridized carbons (Fsp3) is 0.500. The molecule has 184 valence electrons. The number of halogens is 1. The van der Waals surface area contributed by atoms with Crippen molar-refractivity contribution in [2.75, 3.05) is 6.54 Å². The number of rotatable bonds is 6. The lowest BCUT2D eigenvalue weighted by Crippen LogP contribution is -2.58. The van der Waals surface area contributed by atoms with Crippen molar-refractivity contribution < 1.29 is 23.9 Å². The zero-order valence-corrected chi connectivity index (χ0v) is 20.8. The fourth-order valence-corrected chi connectivity index (χ4v) is 4.79. The third-order valence-corrected chi connectivity index (χ3v) is 6.81. The minimum atomic E-state index is -1.93. The van der Waals surface area contributed by atoms with Crippen molar-refractivity contribution in [1.29, 1.82) is 0 Å².